The molecule has 1 unspecified atom stereocenters. The molecule has 1 saturated heterocycles. The van der Waals surface area contributed by atoms with Gasteiger partial charge in [-0.3, -0.25) is 4.79 Å². The summed E-state index contributed by atoms with van der Waals surface area (Å²) in [6.07, 6.45) is 5.92. The maximum Gasteiger partial charge on any atom is 0.228 e. The van der Waals surface area contributed by atoms with E-state index >= 15 is 0 Å². The number of benzene rings is 1. The number of rotatable bonds is 5. The molecule has 1 amide bonds. The number of nitrogens with zero attached hydrogens (tertiary/aromatic N) is 2. The van der Waals surface area contributed by atoms with Crippen LogP contribution in [0.2, 0.25) is 0 Å². The van der Waals surface area contributed by atoms with Crippen LogP contribution in [0.3, 0.4) is 0 Å². The van der Waals surface area contributed by atoms with Gasteiger partial charge in [-0.25, -0.2) is 4.98 Å². The van der Waals surface area contributed by atoms with Crippen molar-refractivity contribution in [3.63, 3.8) is 0 Å². The van der Waals surface area contributed by atoms with Crippen LogP contribution in [0.5, 0.6) is 5.75 Å². The van der Waals surface area contributed by atoms with E-state index in [0.29, 0.717) is 6.61 Å². The van der Waals surface area contributed by atoms with Crippen molar-refractivity contribution in [1.82, 2.24) is 14.7 Å². The Morgan fingerprint density at radius 1 is 1.21 bits per heavy atom. The fourth-order valence-electron chi connectivity index (χ4n) is 3.17. The lowest BCUT2D eigenvalue weighted by Crippen LogP contribution is -2.37. The van der Waals surface area contributed by atoms with Crippen molar-refractivity contribution in [2.75, 3.05) is 18.4 Å². The number of halogens is 2. The Labute approximate surface area is 176 Å². The van der Waals surface area contributed by atoms with Crippen molar-refractivity contribution >= 4 is 42.1 Å². The molecule has 1 atom stereocenters. The van der Waals surface area contributed by atoms with Crippen molar-refractivity contribution < 1.29 is 9.53 Å². The van der Waals surface area contributed by atoms with Gasteiger partial charge < -0.3 is 19.8 Å². The van der Waals surface area contributed by atoms with Gasteiger partial charge in [-0.2, -0.15) is 0 Å². The van der Waals surface area contributed by atoms with E-state index in [4.69, 9.17) is 4.74 Å². The molecule has 150 valence electrons. The second-order valence-corrected chi connectivity index (χ2v) is 6.54. The second-order valence-electron chi connectivity index (χ2n) is 6.54. The average Bonchev–Trinajstić information content (AvgIpc) is 3.11. The van der Waals surface area contributed by atoms with Gasteiger partial charge in [0.15, 0.2) is 0 Å². The summed E-state index contributed by atoms with van der Waals surface area (Å²) in [6.45, 7) is 2.16. The lowest BCUT2D eigenvalue weighted by atomic mass is 9.99. The number of nitrogens with one attached hydrogen (secondary N) is 2. The summed E-state index contributed by atoms with van der Waals surface area (Å²) in [5.74, 6) is 0.879. The molecule has 0 bridgehead atoms. The first-order valence-corrected chi connectivity index (χ1v) is 8.95. The number of pyridine rings is 1. The zero-order valence-corrected chi connectivity index (χ0v) is 17.0. The fourth-order valence-corrected chi connectivity index (χ4v) is 3.17. The Bertz CT molecular complexity index is 860. The molecule has 8 heteroatoms. The largest absolute Gasteiger partial charge is 0.487 e. The molecule has 28 heavy (non-hydrogen) atoms. The normalized spacial score (nSPS) is 15.9. The maximum atomic E-state index is 12.3. The number of hydrogen-bond acceptors (Lipinski definition) is 4. The van der Waals surface area contributed by atoms with Crippen molar-refractivity contribution in [2.24, 2.45) is 5.92 Å². The predicted octanol–water partition coefficient (Wildman–Crippen LogP) is 3.70. The number of anilines is 1. The molecule has 4 rings (SSSR count). The van der Waals surface area contributed by atoms with Crippen LogP contribution >= 0.6 is 24.8 Å². The number of fused-ring (bicyclic) bond motifs is 1. The molecule has 2 N–H and O–H groups in total. The van der Waals surface area contributed by atoms with Crippen molar-refractivity contribution in [3.8, 4) is 5.75 Å². The lowest BCUT2D eigenvalue weighted by molar-refractivity contribution is -0.120. The minimum atomic E-state index is 0. The van der Waals surface area contributed by atoms with Crippen LogP contribution in [0.1, 0.15) is 18.5 Å². The molecular weight excluding hydrogens is 399 g/mol. The van der Waals surface area contributed by atoms with Gasteiger partial charge in [0.25, 0.3) is 0 Å². The lowest BCUT2D eigenvalue weighted by Gasteiger charge is -2.21. The molecule has 3 heterocycles. The van der Waals surface area contributed by atoms with Gasteiger partial charge in [-0.15, -0.1) is 24.8 Å². The van der Waals surface area contributed by atoms with Gasteiger partial charge in [0.1, 0.15) is 18.0 Å². The Morgan fingerprint density at radius 2 is 2.04 bits per heavy atom. The summed E-state index contributed by atoms with van der Waals surface area (Å²) < 4.78 is 7.77. The van der Waals surface area contributed by atoms with E-state index in [1.165, 1.54) is 0 Å². The number of amides is 1. The highest BCUT2D eigenvalue weighted by Gasteiger charge is 2.20. The van der Waals surface area contributed by atoms with Crippen LogP contribution in [0.15, 0.2) is 54.9 Å². The molecule has 3 aromatic rings. The van der Waals surface area contributed by atoms with E-state index in [1.807, 2.05) is 59.3 Å². The standard InChI is InChI=1S/C20H22N4O2.2ClH/c25-20(15-4-3-10-21-12-15)23-16-6-8-18(9-7-16)26-14-17-13-24-11-2-1-5-19(24)22-17;;/h1-2,5-9,11,13,15,21H,3-4,10,12,14H2,(H,23,25);2*1H. The molecule has 1 aliphatic rings. The summed E-state index contributed by atoms with van der Waals surface area (Å²) >= 11 is 0. The Hall–Kier alpha value is -2.28. The highest BCUT2D eigenvalue weighted by Crippen LogP contribution is 2.19. The third-order valence-corrected chi connectivity index (χ3v) is 4.59. The van der Waals surface area contributed by atoms with Crippen LogP contribution in [0, 0.1) is 5.92 Å². The molecule has 1 fully saturated rings. The van der Waals surface area contributed by atoms with Gasteiger partial charge in [-0.1, -0.05) is 6.07 Å². The van der Waals surface area contributed by atoms with E-state index < -0.39 is 0 Å². The summed E-state index contributed by atoms with van der Waals surface area (Å²) in [5.41, 5.74) is 2.57. The van der Waals surface area contributed by atoms with Crippen molar-refractivity contribution in [2.45, 2.75) is 19.4 Å². The smallest absolute Gasteiger partial charge is 0.228 e. The number of piperidine rings is 1. The fraction of sp³-hybridized carbons (Fsp3) is 0.300. The monoisotopic (exact) mass is 422 g/mol. The maximum absolute atomic E-state index is 12.3. The minimum Gasteiger partial charge on any atom is -0.487 e. The first-order chi connectivity index (χ1) is 12.8. The molecular formula is C20H24Cl2N4O2. The average molecular weight is 423 g/mol. The second kappa shape index (κ2) is 10.3. The van der Waals surface area contributed by atoms with Crippen molar-refractivity contribution in [1.29, 1.82) is 0 Å². The van der Waals surface area contributed by atoms with Crippen LogP contribution in [0.25, 0.3) is 5.65 Å². The zero-order valence-electron chi connectivity index (χ0n) is 15.3. The molecule has 0 spiro atoms. The number of hydrogen-bond donors (Lipinski definition) is 2. The number of ether oxygens (including phenoxy) is 1. The SMILES string of the molecule is Cl.Cl.O=C(Nc1ccc(OCc2cn3ccccc3n2)cc1)C1CCCNC1. The van der Waals surface area contributed by atoms with Crippen LogP contribution in [-0.2, 0) is 11.4 Å². The molecule has 0 aliphatic carbocycles. The van der Waals surface area contributed by atoms with Crippen molar-refractivity contribution in [3.05, 3.63) is 60.6 Å². The zero-order chi connectivity index (χ0) is 17.8. The molecule has 0 radical (unpaired) electrons. The number of aromatic nitrogens is 2. The van der Waals surface area contributed by atoms with E-state index in [0.717, 1.165) is 48.7 Å². The molecule has 6 nitrogen and oxygen atoms in total. The van der Waals surface area contributed by atoms with Crippen LogP contribution in [-0.4, -0.2) is 28.4 Å². The van der Waals surface area contributed by atoms with Crippen LogP contribution < -0.4 is 15.4 Å². The molecule has 0 saturated carbocycles. The van der Waals surface area contributed by atoms with Gasteiger partial charge >= 0.3 is 0 Å². The first kappa shape index (κ1) is 22.0. The first-order valence-electron chi connectivity index (χ1n) is 8.95. The topological polar surface area (TPSA) is 67.7 Å². The molecule has 2 aromatic heterocycles. The number of carbonyl (C=O) groups excluding carboxylic acids is 1. The molecule has 1 aromatic carbocycles. The van der Waals surface area contributed by atoms with Crippen LogP contribution in [0.4, 0.5) is 5.69 Å². The Morgan fingerprint density at radius 3 is 2.75 bits per heavy atom. The summed E-state index contributed by atoms with van der Waals surface area (Å²) in [6, 6.07) is 13.4. The van der Waals surface area contributed by atoms with Gasteiger partial charge in [0.2, 0.25) is 5.91 Å². The van der Waals surface area contributed by atoms with Gasteiger partial charge in [-0.05, 0) is 55.8 Å². The Kier molecular flexibility index (Phi) is 8.11. The van der Waals surface area contributed by atoms with Gasteiger partial charge in [0.05, 0.1) is 11.6 Å². The Balaban J connectivity index is 0.00000140. The van der Waals surface area contributed by atoms with Gasteiger partial charge in [0, 0.05) is 24.6 Å². The third-order valence-electron chi connectivity index (χ3n) is 4.59. The summed E-state index contributed by atoms with van der Waals surface area (Å²) in [4.78, 5) is 16.8. The number of carbonyl (C=O) groups is 1. The third kappa shape index (κ3) is 5.38. The summed E-state index contributed by atoms with van der Waals surface area (Å²) in [5, 5.41) is 6.24. The highest BCUT2D eigenvalue weighted by atomic mass is 35.5. The van der Waals surface area contributed by atoms with E-state index in [1.54, 1.807) is 0 Å². The number of imidazole rings is 1. The summed E-state index contributed by atoms with van der Waals surface area (Å²) in [7, 11) is 0. The van der Waals surface area contributed by atoms with E-state index in [2.05, 4.69) is 15.6 Å². The molecule has 1 aliphatic heterocycles. The van der Waals surface area contributed by atoms with E-state index in [9.17, 15) is 4.79 Å². The highest BCUT2D eigenvalue weighted by molar-refractivity contribution is 5.92. The predicted molar refractivity (Wildman–Crippen MR) is 115 cm³/mol. The quantitative estimate of drug-likeness (QED) is 0.657. The van der Waals surface area contributed by atoms with E-state index in [-0.39, 0.29) is 36.6 Å². The minimum absolute atomic E-state index is 0.